The zero-order valence-corrected chi connectivity index (χ0v) is 12.5. The Bertz CT molecular complexity index is 553. The maximum atomic E-state index is 13.6. The first-order valence-corrected chi connectivity index (χ1v) is 6.71. The van der Waals surface area contributed by atoms with Crippen molar-refractivity contribution in [3.8, 4) is 6.07 Å². The molecule has 0 radical (unpaired) electrons. The minimum atomic E-state index is -0.525. The van der Waals surface area contributed by atoms with Crippen LogP contribution in [-0.4, -0.2) is 26.2 Å². The smallest absolute Gasteiger partial charge is 0.261 e. The summed E-state index contributed by atoms with van der Waals surface area (Å²) in [6.45, 7) is 0.915. The molecule has 0 aliphatic carbocycles. The number of amides is 1. The molecule has 1 aromatic rings. The summed E-state index contributed by atoms with van der Waals surface area (Å²) in [5, 5.41) is 11.6. The van der Waals surface area contributed by atoms with Gasteiger partial charge in [0.15, 0.2) is 0 Å². The van der Waals surface area contributed by atoms with Gasteiger partial charge in [-0.3, -0.25) is 4.79 Å². The van der Waals surface area contributed by atoms with E-state index in [4.69, 9.17) is 10.00 Å². The minimum absolute atomic E-state index is 0.139. The van der Waals surface area contributed by atoms with Gasteiger partial charge in [0.05, 0.1) is 0 Å². The Morgan fingerprint density at radius 2 is 2.35 bits per heavy atom. The third-order valence-electron chi connectivity index (χ3n) is 2.43. The lowest BCUT2D eigenvalue weighted by molar-refractivity contribution is -0.117. The van der Waals surface area contributed by atoms with E-state index in [1.54, 1.807) is 19.2 Å². The van der Waals surface area contributed by atoms with Crippen LogP contribution < -0.4 is 5.32 Å². The summed E-state index contributed by atoms with van der Waals surface area (Å²) in [5.74, 6) is -1.02. The fraction of sp³-hybridized carbons (Fsp3) is 0.286. The van der Waals surface area contributed by atoms with E-state index in [1.807, 2.05) is 0 Å². The van der Waals surface area contributed by atoms with E-state index in [1.165, 1.54) is 18.2 Å². The van der Waals surface area contributed by atoms with Gasteiger partial charge in [0.25, 0.3) is 5.91 Å². The van der Waals surface area contributed by atoms with Gasteiger partial charge < -0.3 is 10.1 Å². The topological polar surface area (TPSA) is 62.1 Å². The molecule has 0 fully saturated rings. The average molecular weight is 341 g/mol. The Hall–Kier alpha value is -1.71. The van der Waals surface area contributed by atoms with Crippen molar-refractivity contribution in [1.82, 2.24) is 5.32 Å². The minimum Gasteiger partial charge on any atom is -0.385 e. The summed E-state index contributed by atoms with van der Waals surface area (Å²) >= 11 is 3.21. The lowest BCUT2D eigenvalue weighted by Crippen LogP contribution is -2.26. The molecule has 1 aromatic carbocycles. The molecule has 0 aliphatic rings. The number of methoxy groups -OCH3 is 1. The number of ether oxygens (including phenoxy) is 1. The summed E-state index contributed by atoms with van der Waals surface area (Å²) in [4.78, 5) is 11.8. The van der Waals surface area contributed by atoms with E-state index >= 15 is 0 Å². The Morgan fingerprint density at radius 3 is 3.00 bits per heavy atom. The zero-order valence-electron chi connectivity index (χ0n) is 11.0. The molecule has 20 heavy (non-hydrogen) atoms. The van der Waals surface area contributed by atoms with Gasteiger partial charge in [-0.15, -0.1) is 0 Å². The van der Waals surface area contributed by atoms with Gasteiger partial charge >= 0.3 is 0 Å². The van der Waals surface area contributed by atoms with E-state index in [0.29, 0.717) is 24.0 Å². The van der Waals surface area contributed by atoms with Crippen molar-refractivity contribution in [3.05, 3.63) is 39.6 Å². The van der Waals surface area contributed by atoms with Crippen molar-refractivity contribution in [2.45, 2.75) is 6.42 Å². The van der Waals surface area contributed by atoms with Crippen molar-refractivity contribution >= 4 is 27.9 Å². The molecule has 106 valence electrons. The highest BCUT2D eigenvalue weighted by atomic mass is 79.9. The standard InChI is InChI=1S/C14H14BrFN2O2/c1-20-6-2-5-18-14(19)11(9-17)7-10-8-12(15)3-4-13(10)16/h3-4,7-8H,2,5-6H2,1H3,(H,18,19)/b11-7+. The molecule has 0 aromatic heterocycles. The summed E-state index contributed by atoms with van der Waals surface area (Å²) in [5.41, 5.74) is 0.0439. The highest BCUT2D eigenvalue weighted by molar-refractivity contribution is 9.10. The summed E-state index contributed by atoms with van der Waals surface area (Å²) < 4.78 is 19.1. The van der Waals surface area contributed by atoms with Gasteiger partial charge in [-0.1, -0.05) is 15.9 Å². The number of nitriles is 1. The van der Waals surface area contributed by atoms with Crippen molar-refractivity contribution in [2.24, 2.45) is 0 Å². The van der Waals surface area contributed by atoms with E-state index in [2.05, 4.69) is 21.2 Å². The quantitative estimate of drug-likeness (QED) is 0.492. The number of carbonyl (C=O) groups excluding carboxylic acids is 1. The Balaban J connectivity index is 2.79. The van der Waals surface area contributed by atoms with Crippen LogP contribution in [0.2, 0.25) is 0 Å². The Morgan fingerprint density at radius 1 is 1.60 bits per heavy atom. The molecule has 0 atom stereocenters. The second-order valence-electron chi connectivity index (χ2n) is 3.94. The average Bonchev–Trinajstić information content (AvgIpc) is 2.44. The van der Waals surface area contributed by atoms with E-state index in [0.717, 1.165) is 0 Å². The predicted octanol–water partition coefficient (Wildman–Crippen LogP) is 2.65. The number of benzene rings is 1. The van der Waals surface area contributed by atoms with Gasteiger partial charge in [0.2, 0.25) is 0 Å². The number of hydrogen-bond acceptors (Lipinski definition) is 3. The van der Waals surface area contributed by atoms with Crippen molar-refractivity contribution in [3.63, 3.8) is 0 Å². The van der Waals surface area contributed by atoms with E-state index in [9.17, 15) is 9.18 Å². The highest BCUT2D eigenvalue weighted by Crippen LogP contribution is 2.18. The van der Waals surface area contributed by atoms with Gasteiger partial charge in [-0.25, -0.2) is 4.39 Å². The van der Waals surface area contributed by atoms with Gasteiger partial charge in [-0.05, 0) is 30.7 Å². The molecule has 0 heterocycles. The molecular weight excluding hydrogens is 327 g/mol. The fourth-order valence-corrected chi connectivity index (χ4v) is 1.82. The van der Waals surface area contributed by atoms with Crippen molar-refractivity contribution in [2.75, 3.05) is 20.3 Å². The molecule has 0 spiro atoms. The summed E-state index contributed by atoms with van der Waals surface area (Å²) in [6, 6.07) is 6.09. The third-order valence-corrected chi connectivity index (χ3v) is 2.93. The molecule has 0 saturated heterocycles. The summed E-state index contributed by atoms with van der Waals surface area (Å²) in [7, 11) is 1.57. The van der Waals surface area contributed by atoms with Gasteiger partial charge in [0, 0.05) is 30.3 Å². The molecule has 6 heteroatoms. The first-order chi connectivity index (χ1) is 9.58. The molecule has 0 unspecified atom stereocenters. The summed E-state index contributed by atoms with van der Waals surface area (Å²) in [6.07, 6.45) is 1.87. The Kier molecular flexibility index (Phi) is 6.91. The maximum Gasteiger partial charge on any atom is 0.261 e. The van der Waals surface area contributed by atoms with Gasteiger partial charge in [-0.2, -0.15) is 5.26 Å². The molecule has 1 amide bonds. The molecule has 1 N–H and O–H groups in total. The number of hydrogen-bond donors (Lipinski definition) is 1. The molecular formula is C14H14BrFN2O2. The van der Waals surface area contributed by atoms with Crippen LogP contribution in [0.15, 0.2) is 28.2 Å². The number of nitrogens with one attached hydrogen (secondary N) is 1. The highest BCUT2D eigenvalue weighted by Gasteiger charge is 2.10. The van der Waals surface area contributed by atoms with Crippen LogP contribution in [0.25, 0.3) is 6.08 Å². The van der Waals surface area contributed by atoms with Crippen molar-refractivity contribution < 1.29 is 13.9 Å². The first kappa shape index (κ1) is 16.3. The second kappa shape index (κ2) is 8.46. The normalized spacial score (nSPS) is 11.0. The van der Waals surface area contributed by atoms with Crippen LogP contribution in [0, 0.1) is 17.1 Å². The Labute approximate surface area is 125 Å². The largest absolute Gasteiger partial charge is 0.385 e. The first-order valence-electron chi connectivity index (χ1n) is 5.92. The number of halogens is 2. The van der Waals surface area contributed by atoms with Crippen LogP contribution in [-0.2, 0) is 9.53 Å². The molecule has 0 bridgehead atoms. The van der Waals surface area contributed by atoms with E-state index in [-0.39, 0.29) is 11.1 Å². The van der Waals surface area contributed by atoms with Crippen LogP contribution in [0.3, 0.4) is 0 Å². The molecule has 1 rings (SSSR count). The second-order valence-corrected chi connectivity index (χ2v) is 4.85. The molecule has 4 nitrogen and oxygen atoms in total. The monoisotopic (exact) mass is 340 g/mol. The third kappa shape index (κ3) is 5.11. The maximum absolute atomic E-state index is 13.6. The zero-order chi connectivity index (χ0) is 15.0. The molecule has 0 saturated carbocycles. The van der Waals surface area contributed by atoms with Crippen LogP contribution in [0.4, 0.5) is 4.39 Å². The number of rotatable bonds is 6. The van der Waals surface area contributed by atoms with Crippen LogP contribution in [0.1, 0.15) is 12.0 Å². The lowest BCUT2D eigenvalue weighted by Gasteiger charge is -2.04. The lowest BCUT2D eigenvalue weighted by atomic mass is 10.1. The van der Waals surface area contributed by atoms with Crippen LogP contribution >= 0.6 is 15.9 Å². The van der Waals surface area contributed by atoms with Crippen molar-refractivity contribution in [1.29, 1.82) is 5.26 Å². The number of carbonyl (C=O) groups is 1. The van der Waals surface area contributed by atoms with E-state index < -0.39 is 11.7 Å². The number of nitrogens with zero attached hydrogens (tertiary/aromatic N) is 1. The van der Waals surface area contributed by atoms with Gasteiger partial charge in [0.1, 0.15) is 17.5 Å². The SMILES string of the molecule is COCCCNC(=O)/C(C#N)=C/c1cc(Br)ccc1F. The van der Waals surface area contributed by atoms with Crippen LogP contribution in [0.5, 0.6) is 0 Å². The fourth-order valence-electron chi connectivity index (χ4n) is 1.44. The molecule has 0 aliphatic heterocycles. The predicted molar refractivity (Wildman–Crippen MR) is 77.2 cm³/mol.